The molecular weight excluding hydrogens is 120 g/mol. The zero-order chi connectivity index (χ0) is 6.43. The third-order valence-electron chi connectivity index (χ3n) is 2.14. The fraction of sp³-hybridized carbons (Fsp3) is 0.833. The molecule has 3 heteroatoms. The molecule has 1 aliphatic carbocycles. The molecule has 0 unspecified atom stereocenters. The van der Waals surface area contributed by atoms with Crippen molar-refractivity contribution in [2.24, 2.45) is 11.8 Å². The van der Waals surface area contributed by atoms with Gasteiger partial charge in [-0.1, -0.05) is 0 Å². The van der Waals surface area contributed by atoms with Crippen molar-refractivity contribution in [1.82, 2.24) is 0 Å². The van der Waals surface area contributed by atoms with Crippen LogP contribution in [0.2, 0.25) is 0 Å². The first-order chi connectivity index (χ1) is 4.30. The van der Waals surface area contributed by atoms with E-state index in [1.807, 2.05) is 0 Å². The maximum atomic E-state index is 10.3. The summed E-state index contributed by atoms with van der Waals surface area (Å²) in [6.07, 6.45) is 1.02. The van der Waals surface area contributed by atoms with Gasteiger partial charge in [-0.25, -0.2) is 0 Å². The van der Waals surface area contributed by atoms with E-state index in [9.17, 15) is 4.79 Å². The van der Waals surface area contributed by atoms with Crippen molar-refractivity contribution >= 4 is 5.97 Å². The summed E-state index contributed by atoms with van der Waals surface area (Å²) in [4.78, 5) is 10.3. The van der Waals surface area contributed by atoms with E-state index in [1.165, 1.54) is 0 Å². The van der Waals surface area contributed by atoms with Gasteiger partial charge in [-0.05, 0) is 6.42 Å². The van der Waals surface area contributed by atoms with E-state index >= 15 is 0 Å². The highest BCUT2D eigenvalue weighted by Gasteiger charge is 2.58. The number of hydrogen-bond acceptors (Lipinski definition) is 2. The van der Waals surface area contributed by atoms with Crippen LogP contribution >= 0.6 is 0 Å². The number of carboxylic acids is 1. The second-order valence-corrected chi connectivity index (χ2v) is 2.65. The SMILES string of the molecule is O=C(O)[C@@H]1[C@@H]2CCO[C@@H]21. The van der Waals surface area contributed by atoms with Gasteiger partial charge in [0.2, 0.25) is 0 Å². The van der Waals surface area contributed by atoms with Gasteiger partial charge in [0.1, 0.15) is 0 Å². The van der Waals surface area contributed by atoms with Crippen molar-refractivity contribution in [2.45, 2.75) is 12.5 Å². The highest BCUT2D eigenvalue weighted by molar-refractivity contribution is 5.75. The van der Waals surface area contributed by atoms with Crippen LogP contribution in [0.5, 0.6) is 0 Å². The third-order valence-corrected chi connectivity index (χ3v) is 2.14. The zero-order valence-electron chi connectivity index (χ0n) is 4.91. The molecule has 0 aromatic carbocycles. The summed E-state index contributed by atoms with van der Waals surface area (Å²) in [5.74, 6) is -0.508. The van der Waals surface area contributed by atoms with Gasteiger partial charge in [0.05, 0.1) is 12.0 Å². The lowest BCUT2D eigenvalue weighted by Gasteiger charge is -1.95. The Morgan fingerprint density at radius 3 is 2.78 bits per heavy atom. The van der Waals surface area contributed by atoms with Crippen molar-refractivity contribution < 1.29 is 14.6 Å². The number of carboxylic acid groups (broad SMARTS) is 1. The molecule has 1 heterocycles. The monoisotopic (exact) mass is 128 g/mol. The molecule has 3 atom stereocenters. The summed E-state index contributed by atoms with van der Waals surface area (Å²) in [5, 5.41) is 8.48. The van der Waals surface area contributed by atoms with Gasteiger partial charge in [0.15, 0.2) is 0 Å². The van der Waals surface area contributed by atoms with Crippen LogP contribution in [-0.4, -0.2) is 23.8 Å². The van der Waals surface area contributed by atoms with E-state index < -0.39 is 5.97 Å². The Kier molecular flexibility index (Phi) is 0.858. The number of aliphatic carboxylic acids is 1. The number of fused-ring (bicyclic) bond motifs is 1. The molecule has 0 amide bonds. The quantitative estimate of drug-likeness (QED) is 0.545. The first-order valence-corrected chi connectivity index (χ1v) is 3.15. The summed E-state index contributed by atoms with van der Waals surface area (Å²) in [6, 6.07) is 0. The van der Waals surface area contributed by atoms with E-state index in [-0.39, 0.29) is 12.0 Å². The van der Waals surface area contributed by atoms with Gasteiger partial charge in [-0.3, -0.25) is 4.79 Å². The topological polar surface area (TPSA) is 46.5 Å². The lowest BCUT2D eigenvalue weighted by atomic mass is 10.2. The number of ether oxygens (including phenoxy) is 1. The van der Waals surface area contributed by atoms with Crippen LogP contribution in [0, 0.1) is 11.8 Å². The molecule has 0 bridgehead atoms. The van der Waals surface area contributed by atoms with Crippen LogP contribution in [0.1, 0.15) is 6.42 Å². The Balaban J connectivity index is 2.02. The van der Waals surface area contributed by atoms with Gasteiger partial charge in [-0.15, -0.1) is 0 Å². The number of carbonyl (C=O) groups is 1. The Hall–Kier alpha value is -0.570. The summed E-state index contributed by atoms with van der Waals surface area (Å²) in [7, 11) is 0. The molecule has 1 saturated carbocycles. The number of rotatable bonds is 1. The van der Waals surface area contributed by atoms with Crippen molar-refractivity contribution in [2.75, 3.05) is 6.61 Å². The van der Waals surface area contributed by atoms with E-state index in [1.54, 1.807) is 0 Å². The second-order valence-electron chi connectivity index (χ2n) is 2.65. The molecule has 1 saturated heterocycles. The molecule has 9 heavy (non-hydrogen) atoms. The smallest absolute Gasteiger partial charge is 0.309 e. The van der Waals surface area contributed by atoms with Crippen LogP contribution in [0.3, 0.4) is 0 Å². The lowest BCUT2D eigenvalue weighted by molar-refractivity contribution is -0.140. The van der Waals surface area contributed by atoms with Gasteiger partial charge in [0, 0.05) is 12.5 Å². The average Bonchev–Trinajstić information content (AvgIpc) is 2.30. The normalized spacial score (nSPS) is 46.4. The minimum absolute atomic E-state index is 0.0718. The average molecular weight is 128 g/mol. The van der Waals surface area contributed by atoms with E-state index in [4.69, 9.17) is 9.84 Å². The van der Waals surface area contributed by atoms with Crippen LogP contribution < -0.4 is 0 Å². The molecule has 0 aromatic heterocycles. The fourth-order valence-electron chi connectivity index (χ4n) is 1.58. The van der Waals surface area contributed by atoms with Crippen LogP contribution in [0.15, 0.2) is 0 Å². The minimum Gasteiger partial charge on any atom is -0.481 e. The fourth-order valence-corrected chi connectivity index (χ4v) is 1.58. The minimum atomic E-state index is -0.690. The molecule has 2 rings (SSSR count). The molecule has 0 aromatic rings. The van der Waals surface area contributed by atoms with E-state index in [0.29, 0.717) is 5.92 Å². The van der Waals surface area contributed by atoms with Crippen molar-refractivity contribution in [3.8, 4) is 0 Å². The van der Waals surface area contributed by atoms with Crippen molar-refractivity contribution in [3.05, 3.63) is 0 Å². The Bertz CT molecular complexity index is 144. The Labute approximate surface area is 52.6 Å². The summed E-state index contributed by atoms with van der Waals surface area (Å²) in [6.45, 7) is 0.763. The summed E-state index contributed by atoms with van der Waals surface area (Å²) >= 11 is 0. The molecule has 50 valence electrons. The Morgan fingerprint density at radius 2 is 2.44 bits per heavy atom. The van der Waals surface area contributed by atoms with Crippen molar-refractivity contribution in [1.29, 1.82) is 0 Å². The van der Waals surface area contributed by atoms with E-state index in [0.717, 1.165) is 13.0 Å². The molecule has 2 aliphatic rings. The molecule has 0 spiro atoms. The first kappa shape index (κ1) is 5.23. The Morgan fingerprint density at radius 1 is 1.67 bits per heavy atom. The third kappa shape index (κ3) is 0.580. The van der Waals surface area contributed by atoms with Gasteiger partial charge >= 0.3 is 5.97 Å². The predicted octanol–water partition coefficient (Wildman–Crippen LogP) is 0.106. The lowest BCUT2D eigenvalue weighted by Crippen LogP contribution is -2.07. The largest absolute Gasteiger partial charge is 0.481 e. The molecule has 1 aliphatic heterocycles. The summed E-state index contributed by atoms with van der Waals surface area (Å²) < 4.78 is 5.12. The maximum absolute atomic E-state index is 10.3. The van der Waals surface area contributed by atoms with Gasteiger partial charge in [-0.2, -0.15) is 0 Å². The predicted molar refractivity (Wildman–Crippen MR) is 29.0 cm³/mol. The summed E-state index contributed by atoms with van der Waals surface area (Å²) in [5.41, 5.74) is 0. The van der Waals surface area contributed by atoms with Gasteiger partial charge in [0.25, 0.3) is 0 Å². The first-order valence-electron chi connectivity index (χ1n) is 3.15. The second kappa shape index (κ2) is 1.48. The highest BCUT2D eigenvalue weighted by atomic mass is 16.5. The molecule has 2 fully saturated rings. The van der Waals surface area contributed by atoms with Crippen LogP contribution in [-0.2, 0) is 9.53 Å². The molecule has 1 N–H and O–H groups in total. The van der Waals surface area contributed by atoms with Gasteiger partial charge < -0.3 is 9.84 Å². The number of hydrogen-bond donors (Lipinski definition) is 1. The highest BCUT2D eigenvalue weighted by Crippen LogP contribution is 2.48. The van der Waals surface area contributed by atoms with Crippen molar-refractivity contribution in [3.63, 3.8) is 0 Å². The standard InChI is InChI=1S/C6H8O3/c7-6(8)4-3-1-2-9-5(3)4/h3-5H,1-2H2,(H,7,8)/t3-,4+,5-/m0/s1. The maximum Gasteiger partial charge on any atom is 0.309 e. The molecule has 0 radical (unpaired) electrons. The molecule has 3 nitrogen and oxygen atoms in total. The van der Waals surface area contributed by atoms with Crippen LogP contribution in [0.4, 0.5) is 0 Å². The van der Waals surface area contributed by atoms with Crippen LogP contribution in [0.25, 0.3) is 0 Å². The zero-order valence-corrected chi connectivity index (χ0v) is 4.91. The molecular formula is C6H8O3. The van der Waals surface area contributed by atoms with E-state index in [2.05, 4.69) is 0 Å².